The number of anilines is 1. The van der Waals surface area contributed by atoms with Gasteiger partial charge < -0.3 is 10.0 Å². The van der Waals surface area contributed by atoms with E-state index >= 15 is 0 Å². The summed E-state index contributed by atoms with van der Waals surface area (Å²) < 4.78 is 2.96. The Bertz CT molecular complexity index is 1350. The van der Waals surface area contributed by atoms with E-state index in [0.717, 1.165) is 30.8 Å². The Hall–Kier alpha value is -2.25. The van der Waals surface area contributed by atoms with Gasteiger partial charge in [0.15, 0.2) is 5.78 Å². The van der Waals surface area contributed by atoms with Crippen LogP contribution in [0.25, 0.3) is 16.3 Å². The van der Waals surface area contributed by atoms with Crippen molar-refractivity contribution in [1.82, 2.24) is 0 Å². The van der Waals surface area contributed by atoms with Gasteiger partial charge in [0.05, 0.1) is 10.7 Å². The predicted molar refractivity (Wildman–Crippen MR) is 122 cm³/mol. The number of rotatable bonds is 2. The molecule has 8 heteroatoms. The number of Topliss-reactive ketones (excluding diaryl/α,β-unsaturated/α-hetero) is 1. The van der Waals surface area contributed by atoms with Crippen molar-refractivity contribution in [2.45, 2.75) is 4.90 Å². The average molecular weight is 473 g/mol. The molecule has 1 aliphatic carbocycles. The quantitative estimate of drug-likeness (QED) is 0.400. The largest absolute Gasteiger partial charge is 0.871 e. The molecule has 3 aromatic rings. The second-order valence-electron chi connectivity index (χ2n) is 7.00. The van der Waals surface area contributed by atoms with Gasteiger partial charge in [0.25, 0.3) is 5.01 Å². The molecular weight excluding hydrogens is 459 g/mol. The molecular formula is C22H14Cl2N2O2S2. The molecule has 0 spiro atoms. The molecule has 0 N–H and O–H groups in total. The standard InChI is InChI=1S/C22H14Cl2N2O2S2/c1-25-15-5-3-11(23)7-17(15)29-19(25)9-13-21(27)14(22(13)28)10-20-26(2)16-6-4-12(24)8-18(16)30-20/h3-10H,1-2H3. The lowest BCUT2D eigenvalue weighted by Gasteiger charge is -2.28. The second kappa shape index (κ2) is 7.17. The maximum Gasteiger partial charge on any atom is 0.263 e. The minimum Gasteiger partial charge on any atom is -0.871 e. The smallest absolute Gasteiger partial charge is 0.263 e. The van der Waals surface area contributed by atoms with Gasteiger partial charge in [-0.05, 0) is 36.4 Å². The van der Waals surface area contributed by atoms with E-state index in [2.05, 4.69) is 0 Å². The monoisotopic (exact) mass is 472 g/mol. The lowest BCUT2D eigenvalue weighted by atomic mass is 9.88. The molecule has 2 aliphatic rings. The third-order valence-electron chi connectivity index (χ3n) is 5.17. The number of fused-ring (bicyclic) bond motifs is 2. The van der Waals surface area contributed by atoms with Crippen LogP contribution in [0.4, 0.5) is 5.69 Å². The molecule has 150 valence electrons. The van der Waals surface area contributed by atoms with E-state index in [-0.39, 0.29) is 22.7 Å². The molecule has 2 heterocycles. The summed E-state index contributed by atoms with van der Waals surface area (Å²) in [6, 6.07) is 11.3. The number of thioether (sulfide) groups is 1. The number of hydrogen-bond acceptors (Lipinski definition) is 5. The first kappa shape index (κ1) is 19.7. The highest BCUT2D eigenvalue weighted by Crippen LogP contribution is 2.47. The van der Waals surface area contributed by atoms with Crippen LogP contribution in [0.15, 0.2) is 69.3 Å². The number of hydrogen-bond donors (Lipinski definition) is 0. The van der Waals surface area contributed by atoms with Crippen molar-refractivity contribution in [2.75, 3.05) is 11.9 Å². The Kier molecular flexibility index (Phi) is 4.71. The van der Waals surface area contributed by atoms with E-state index in [4.69, 9.17) is 23.2 Å². The fourth-order valence-corrected chi connectivity index (χ4v) is 6.23. The summed E-state index contributed by atoms with van der Waals surface area (Å²) in [4.78, 5) is 15.7. The van der Waals surface area contributed by atoms with Crippen LogP contribution in [0.3, 0.4) is 0 Å². The number of allylic oxidation sites excluding steroid dienone is 3. The van der Waals surface area contributed by atoms with E-state index in [1.807, 2.05) is 60.0 Å². The number of thiazole rings is 1. The van der Waals surface area contributed by atoms with Gasteiger partial charge in [-0.25, -0.2) is 0 Å². The molecule has 0 bridgehead atoms. The molecule has 0 atom stereocenters. The first-order valence-electron chi connectivity index (χ1n) is 9.02. The Balaban J connectivity index is 1.49. The van der Waals surface area contributed by atoms with E-state index in [1.165, 1.54) is 23.1 Å². The number of ketones is 1. The lowest BCUT2D eigenvalue weighted by Crippen LogP contribution is -2.32. The van der Waals surface area contributed by atoms with E-state index < -0.39 is 0 Å². The number of carbonyl (C=O) groups excluding carboxylic acids is 1. The summed E-state index contributed by atoms with van der Waals surface area (Å²) in [6.07, 6.45) is 3.34. The van der Waals surface area contributed by atoms with Gasteiger partial charge in [-0.3, -0.25) is 4.79 Å². The molecule has 0 amide bonds. The van der Waals surface area contributed by atoms with Crippen LogP contribution in [0.1, 0.15) is 5.01 Å². The van der Waals surface area contributed by atoms with Gasteiger partial charge in [0.2, 0.25) is 5.52 Å². The minimum absolute atomic E-state index is 0.210. The van der Waals surface area contributed by atoms with Gasteiger partial charge in [-0.15, -0.1) is 0 Å². The number of nitrogens with zero attached hydrogens (tertiary/aromatic N) is 2. The topological polar surface area (TPSA) is 47.2 Å². The SMILES string of the molecule is CN1C(=CC2=C([O-])C(=Cc3sc4cc(Cl)ccc4[n+]3C)C2=O)Sc2cc(Cl)ccc21. The summed E-state index contributed by atoms with van der Waals surface area (Å²) in [6.45, 7) is 0. The van der Waals surface area contributed by atoms with Crippen molar-refractivity contribution < 1.29 is 14.5 Å². The van der Waals surface area contributed by atoms with Crippen LogP contribution in [-0.2, 0) is 11.8 Å². The van der Waals surface area contributed by atoms with Crippen LogP contribution in [0, 0.1) is 0 Å². The molecule has 1 aromatic heterocycles. The van der Waals surface area contributed by atoms with Crippen LogP contribution in [-0.4, -0.2) is 12.8 Å². The normalized spacial score (nSPS) is 18.7. The van der Waals surface area contributed by atoms with Crippen LogP contribution in [0.5, 0.6) is 0 Å². The van der Waals surface area contributed by atoms with Crippen molar-refractivity contribution in [3.8, 4) is 0 Å². The Morgan fingerprint density at radius 1 is 1.10 bits per heavy atom. The molecule has 0 fully saturated rings. The van der Waals surface area contributed by atoms with E-state index in [0.29, 0.717) is 10.0 Å². The van der Waals surface area contributed by atoms with Gasteiger partial charge >= 0.3 is 0 Å². The zero-order valence-corrected chi connectivity index (χ0v) is 19.0. The lowest BCUT2D eigenvalue weighted by molar-refractivity contribution is -0.642. The maximum atomic E-state index is 12.7. The fraction of sp³-hybridized carbons (Fsp3) is 0.0909. The molecule has 0 saturated carbocycles. The number of halogens is 2. The zero-order chi connectivity index (χ0) is 21.2. The van der Waals surface area contributed by atoms with Crippen LogP contribution < -0.4 is 14.6 Å². The van der Waals surface area contributed by atoms with Crippen molar-refractivity contribution in [3.63, 3.8) is 0 Å². The number of benzene rings is 2. The third-order valence-corrected chi connectivity index (χ3v) is 7.94. The highest BCUT2D eigenvalue weighted by atomic mass is 35.5. The molecule has 0 saturated heterocycles. The Morgan fingerprint density at radius 3 is 2.60 bits per heavy atom. The van der Waals surface area contributed by atoms with E-state index in [9.17, 15) is 9.90 Å². The maximum absolute atomic E-state index is 12.7. The third kappa shape index (κ3) is 3.06. The average Bonchev–Trinajstić information content (AvgIpc) is 3.19. The molecule has 0 radical (unpaired) electrons. The molecule has 0 unspecified atom stereocenters. The van der Waals surface area contributed by atoms with Crippen molar-refractivity contribution >= 4 is 74.1 Å². The first-order chi connectivity index (χ1) is 14.3. The van der Waals surface area contributed by atoms with Crippen LogP contribution >= 0.6 is 46.3 Å². The second-order valence-corrected chi connectivity index (χ2v) is 9.99. The van der Waals surface area contributed by atoms with Crippen LogP contribution in [0.2, 0.25) is 10.0 Å². The van der Waals surface area contributed by atoms with Crippen molar-refractivity contribution in [1.29, 1.82) is 0 Å². The van der Waals surface area contributed by atoms with Gasteiger partial charge in [-0.2, -0.15) is 4.57 Å². The van der Waals surface area contributed by atoms with E-state index in [1.54, 1.807) is 12.2 Å². The summed E-state index contributed by atoms with van der Waals surface area (Å²) in [5.74, 6) is -0.461. The number of carbonyl (C=O) groups is 1. The van der Waals surface area contributed by atoms with Crippen molar-refractivity contribution in [3.05, 3.63) is 79.5 Å². The molecule has 1 aliphatic heterocycles. The summed E-state index contributed by atoms with van der Waals surface area (Å²) in [7, 11) is 3.82. The van der Waals surface area contributed by atoms with Gasteiger partial charge in [0, 0.05) is 45.3 Å². The molecule has 4 nitrogen and oxygen atoms in total. The predicted octanol–water partition coefficient (Wildman–Crippen LogP) is 4.70. The zero-order valence-electron chi connectivity index (χ0n) is 15.9. The Labute approximate surface area is 191 Å². The molecule has 5 rings (SSSR count). The highest BCUT2D eigenvalue weighted by molar-refractivity contribution is 8.03. The van der Waals surface area contributed by atoms with Gasteiger partial charge in [-0.1, -0.05) is 52.1 Å². The summed E-state index contributed by atoms with van der Waals surface area (Å²) in [5.41, 5.74) is 2.42. The Morgan fingerprint density at radius 2 is 1.83 bits per heavy atom. The van der Waals surface area contributed by atoms with Gasteiger partial charge in [0.1, 0.15) is 11.7 Å². The minimum atomic E-state index is -0.231. The summed E-state index contributed by atoms with van der Waals surface area (Å²) in [5, 5.41) is 15.7. The first-order valence-corrected chi connectivity index (χ1v) is 11.4. The fourth-order valence-electron chi connectivity index (χ4n) is 3.49. The highest BCUT2D eigenvalue weighted by Gasteiger charge is 2.30. The molecule has 2 aromatic carbocycles. The number of aromatic nitrogens is 1. The molecule has 30 heavy (non-hydrogen) atoms. The number of aryl methyl sites for hydroxylation is 1. The summed E-state index contributed by atoms with van der Waals surface area (Å²) >= 11 is 15.1. The van der Waals surface area contributed by atoms with Crippen molar-refractivity contribution in [2.24, 2.45) is 7.05 Å².